The van der Waals surface area contributed by atoms with E-state index >= 15 is 0 Å². The highest BCUT2D eigenvalue weighted by atomic mass is 16.3. The van der Waals surface area contributed by atoms with Crippen LogP contribution < -0.4 is 4.90 Å². The SMILES string of the molecule is CC(=O)N1c2ccccc2C[C@H]1C(=O)N1CC(C(C)(C)O)C1. The molecule has 2 aliphatic rings. The van der Waals surface area contributed by atoms with Gasteiger partial charge in [-0.05, 0) is 25.5 Å². The van der Waals surface area contributed by atoms with Gasteiger partial charge in [0.1, 0.15) is 6.04 Å². The normalized spacial score (nSPS) is 21.5. The number of carbonyl (C=O) groups is 2. The lowest BCUT2D eigenvalue weighted by Gasteiger charge is -2.46. The number of aliphatic hydroxyl groups is 1. The lowest BCUT2D eigenvalue weighted by Crippen LogP contribution is -2.61. The maximum Gasteiger partial charge on any atom is 0.246 e. The summed E-state index contributed by atoms with van der Waals surface area (Å²) < 4.78 is 0. The highest BCUT2D eigenvalue weighted by molar-refractivity contribution is 6.02. The number of benzene rings is 1. The molecule has 0 spiro atoms. The highest BCUT2D eigenvalue weighted by Gasteiger charge is 2.45. The van der Waals surface area contributed by atoms with Gasteiger partial charge >= 0.3 is 0 Å². The van der Waals surface area contributed by atoms with Crippen molar-refractivity contribution >= 4 is 17.5 Å². The first-order valence-electron chi connectivity index (χ1n) is 7.68. The molecule has 1 aromatic carbocycles. The predicted molar refractivity (Wildman–Crippen MR) is 83.5 cm³/mol. The number of nitrogens with zero attached hydrogens (tertiary/aromatic N) is 2. The first-order chi connectivity index (χ1) is 10.3. The molecule has 1 atom stereocenters. The van der Waals surface area contributed by atoms with Crippen molar-refractivity contribution in [2.75, 3.05) is 18.0 Å². The summed E-state index contributed by atoms with van der Waals surface area (Å²) in [5.74, 6) is -0.0271. The van der Waals surface area contributed by atoms with Crippen molar-refractivity contribution < 1.29 is 14.7 Å². The van der Waals surface area contributed by atoms with Crippen LogP contribution in [0.1, 0.15) is 26.3 Å². The molecule has 0 aromatic heterocycles. The van der Waals surface area contributed by atoms with Gasteiger partial charge in [0.2, 0.25) is 11.8 Å². The van der Waals surface area contributed by atoms with Crippen molar-refractivity contribution in [1.29, 1.82) is 0 Å². The Hall–Kier alpha value is -1.88. The average Bonchev–Trinajstić information content (AvgIpc) is 2.74. The van der Waals surface area contributed by atoms with Crippen LogP contribution in [0.25, 0.3) is 0 Å². The van der Waals surface area contributed by atoms with Crippen LogP contribution in [0.5, 0.6) is 0 Å². The van der Waals surface area contributed by atoms with E-state index in [-0.39, 0.29) is 17.7 Å². The average molecular weight is 302 g/mol. The van der Waals surface area contributed by atoms with Gasteiger partial charge in [-0.25, -0.2) is 0 Å². The first-order valence-corrected chi connectivity index (χ1v) is 7.68. The number of anilines is 1. The fourth-order valence-electron chi connectivity index (χ4n) is 3.29. The number of hydrogen-bond acceptors (Lipinski definition) is 3. The van der Waals surface area contributed by atoms with Crippen LogP contribution in [0.3, 0.4) is 0 Å². The van der Waals surface area contributed by atoms with Crippen molar-refractivity contribution in [2.24, 2.45) is 5.92 Å². The molecule has 0 bridgehead atoms. The van der Waals surface area contributed by atoms with Gasteiger partial charge in [0, 0.05) is 38.0 Å². The van der Waals surface area contributed by atoms with E-state index in [1.165, 1.54) is 6.92 Å². The fourth-order valence-corrected chi connectivity index (χ4v) is 3.29. The lowest BCUT2D eigenvalue weighted by atomic mass is 9.84. The third-order valence-electron chi connectivity index (χ3n) is 4.79. The third-order valence-corrected chi connectivity index (χ3v) is 4.79. The molecule has 5 heteroatoms. The Morgan fingerprint density at radius 1 is 1.23 bits per heavy atom. The zero-order chi connectivity index (χ0) is 16.1. The zero-order valence-electron chi connectivity index (χ0n) is 13.2. The zero-order valence-corrected chi connectivity index (χ0v) is 13.2. The van der Waals surface area contributed by atoms with Crippen molar-refractivity contribution in [3.05, 3.63) is 29.8 Å². The van der Waals surface area contributed by atoms with E-state index in [4.69, 9.17) is 0 Å². The molecule has 1 N–H and O–H groups in total. The predicted octanol–water partition coefficient (Wildman–Crippen LogP) is 1.19. The first kappa shape index (κ1) is 15.0. The molecule has 0 saturated carbocycles. The number of rotatable bonds is 2. The molecule has 3 rings (SSSR count). The monoisotopic (exact) mass is 302 g/mol. The van der Waals surface area contributed by atoms with E-state index < -0.39 is 11.6 Å². The molecule has 1 saturated heterocycles. The van der Waals surface area contributed by atoms with Crippen LogP contribution in [0.15, 0.2) is 24.3 Å². The summed E-state index contributed by atoms with van der Waals surface area (Å²) in [7, 11) is 0. The molecule has 1 fully saturated rings. The van der Waals surface area contributed by atoms with Crippen molar-refractivity contribution in [2.45, 2.75) is 38.8 Å². The summed E-state index contributed by atoms with van der Waals surface area (Å²) in [6.07, 6.45) is 0.568. The van der Waals surface area contributed by atoms with Gasteiger partial charge in [0.05, 0.1) is 5.60 Å². The molecular weight excluding hydrogens is 280 g/mol. The number of carbonyl (C=O) groups excluding carboxylic acids is 2. The number of hydrogen-bond donors (Lipinski definition) is 1. The van der Waals surface area contributed by atoms with E-state index in [1.807, 2.05) is 24.3 Å². The summed E-state index contributed by atoms with van der Waals surface area (Å²) in [4.78, 5) is 28.1. The molecule has 2 heterocycles. The number of likely N-dealkylation sites (tertiary alicyclic amines) is 1. The van der Waals surface area contributed by atoms with Gasteiger partial charge in [-0.2, -0.15) is 0 Å². The van der Waals surface area contributed by atoms with Crippen molar-refractivity contribution in [3.63, 3.8) is 0 Å². The van der Waals surface area contributed by atoms with Gasteiger partial charge in [0.15, 0.2) is 0 Å². The molecule has 118 valence electrons. The van der Waals surface area contributed by atoms with E-state index in [0.29, 0.717) is 19.5 Å². The fraction of sp³-hybridized carbons (Fsp3) is 0.529. The van der Waals surface area contributed by atoms with Gasteiger partial charge in [-0.15, -0.1) is 0 Å². The minimum absolute atomic E-state index is 0.0214. The largest absolute Gasteiger partial charge is 0.390 e. The summed E-state index contributed by atoms with van der Waals surface area (Å²) >= 11 is 0. The maximum atomic E-state index is 12.7. The van der Waals surface area contributed by atoms with Gasteiger partial charge in [-0.3, -0.25) is 14.5 Å². The Morgan fingerprint density at radius 3 is 2.45 bits per heavy atom. The van der Waals surface area contributed by atoms with Crippen LogP contribution >= 0.6 is 0 Å². The molecule has 0 unspecified atom stereocenters. The van der Waals surface area contributed by atoms with Gasteiger partial charge < -0.3 is 10.0 Å². The Bertz CT molecular complexity index is 615. The van der Waals surface area contributed by atoms with Crippen LogP contribution in [0.2, 0.25) is 0 Å². The molecular formula is C17H22N2O3. The van der Waals surface area contributed by atoms with Gasteiger partial charge in [0.25, 0.3) is 0 Å². The molecule has 5 nitrogen and oxygen atoms in total. The third kappa shape index (κ3) is 2.39. The van der Waals surface area contributed by atoms with Crippen LogP contribution in [-0.4, -0.2) is 46.6 Å². The second-order valence-electron chi connectivity index (χ2n) is 6.83. The van der Waals surface area contributed by atoms with Crippen LogP contribution in [0, 0.1) is 5.92 Å². The molecule has 0 radical (unpaired) electrons. The maximum absolute atomic E-state index is 12.7. The molecule has 2 aliphatic heterocycles. The van der Waals surface area contributed by atoms with E-state index in [2.05, 4.69) is 0 Å². The number of amides is 2. The highest BCUT2D eigenvalue weighted by Crippen LogP contribution is 2.35. The molecule has 0 aliphatic carbocycles. The second kappa shape index (κ2) is 5.09. The Labute approximate surface area is 130 Å². The molecule has 1 aromatic rings. The molecule has 2 amide bonds. The van der Waals surface area contributed by atoms with Gasteiger partial charge in [-0.1, -0.05) is 18.2 Å². The quantitative estimate of drug-likeness (QED) is 0.893. The standard InChI is InChI=1S/C17H22N2O3/c1-11(20)19-14-7-5-4-6-12(14)8-15(19)16(21)18-9-13(10-18)17(2,3)22/h4-7,13,15,22H,8-10H2,1-3H3/t15-/m0/s1. The van der Waals surface area contributed by atoms with Crippen molar-refractivity contribution in [1.82, 2.24) is 4.90 Å². The minimum atomic E-state index is -0.768. The van der Waals surface area contributed by atoms with Crippen LogP contribution in [-0.2, 0) is 16.0 Å². The summed E-state index contributed by atoms with van der Waals surface area (Å²) in [6, 6.07) is 7.22. The van der Waals surface area contributed by atoms with Crippen LogP contribution in [0.4, 0.5) is 5.69 Å². The number of fused-ring (bicyclic) bond motifs is 1. The Balaban J connectivity index is 1.76. The Kier molecular flexibility index (Phi) is 3.48. The van der Waals surface area contributed by atoms with E-state index in [0.717, 1.165) is 11.3 Å². The van der Waals surface area contributed by atoms with Crippen molar-refractivity contribution in [3.8, 4) is 0 Å². The number of para-hydroxylation sites is 1. The Morgan fingerprint density at radius 2 is 1.86 bits per heavy atom. The minimum Gasteiger partial charge on any atom is -0.390 e. The summed E-state index contributed by atoms with van der Waals surface area (Å²) in [5.41, 5.74) is 1.11. The second-order valence-corrected chi connectivity index (χ2v) is 6.83. The smallest absolute Gasteiger partial charge is 0.246 e. The topological polar surface area (TPSA) is 60.9 Å². The summed E-state index contributed by atoms with van der Waals surface area (Å²) in [6.45, 7) is 6.15. The summed E-state index contributed by atoms with van der Waals surface area (Å²) in [5, 5.41) is 9.98. The van der Waals surface area contributed by atoms with E-state index in [1.54, 1.807) is 23.6 Å². The van der Waals surface area contributed by atoms with E-state index in [9.17, 15) is 14.7 Å². The lowest BCUT2D eigenvalue weighted by molar-refractivity contribution is -0.146. The molecule has 22 heavy (non-hydrogen) atoms.